The Labute approximate surface area is 184 Å². The molecule has 0 bridgehead atoms. The Hall–Kier alpha value is -2.30. The van der Waals surface area contributed by atoms with Crippen LogP contribution in [0.1, 0.15) is 71.6 Å². The van der Waals surface area contributed by atoms with E-state index in [2.05, 4.69) is 35.9 Å². The number of ether oxygens (including phenoxy) is 1. The lowest BCUT2D eigenvalue weighted by molar-refractivity contribution is -0.125. The van der Waals surface area contributed by atoms with E-state index in [0.29, 0.717) is 43.2 Å². The Kier molecular flexibility index (Phi) is 7.79. The van der Waals surface area contributed by atoms with Gasteiger partial charge in [0.25, 0.3) is 0 Å². The molecule has 1 aliphatic heterocycles. The van der Waals surface area contributed by atoms with Crippen molar-refractivity contribution in [3.8, 4) is 6.07 Å². The highest BCUT2D eigenvalue weighted by molar-refractivity contribution is 5.86. The van der Waals surface area contributed by atoms with Crippen molar-refractivity contribution < 1.29 is 19.1 Å². The fourth-order valence-corrected chi connectivity index (χ4v) is 4.49. The molecule has 172 valence electrons. The molecule has 2 aliphatic carbocycles. The second-order valence-electron chi connectivity index (χ2n) is 10.3. The highest BCUT2D eigenvalue weighted by atomic mass is 16.5. The fourth-order valence-electron chi connectivity index (χ4n) is 4.49. The van der Waals surface area contributed by atoms with E-state index >= 15 is 0 Å². The van der Waals surface area contributed by atoms with E-state index in [1.165, 1.54) is 0 Å². The van der Waals surface area contributed by atoms with E-state index < -0.39 is 18.2 Å². The SMILES string of the molecule is CC1(C)CCC(COC(=O)NC(CC2CC2)C(=O)NC(C#N)CC2CCNC2=O)CC1. The Bertz CT molecular complexity index is 703. The summed E-state index contributed by atoms with van der Waals surface area (Å²) in [7, 11) is 0. The van der Waals surface area contributed by atoms with Gasteiger partial charge in [0.15, 0.2) is 0 Å². The van der Waals surface area contributed by atoms with Gasteiger partial charge >= 0.3 is 6.09 Å². The van der Waals surface area contributed by atoms with E-state index in [9.17, 15) is 19.6 Å². The van der Waals surface area contributed by atoms with Crippen molar-refractivity contribution in [2.24, 2.45) is 23.2 Å². The van der Waals surface area contributed by atoms with Crippen LogP contribution in [0.4, 0.5) is 4.79 Å². The Morgan fingerprint density at radius 3 is 2.42 bits per heavy atom. The Morgan fingerprint density at radius 1 is 1.13 bits per heavy atom. The summed E-state index contributed by atoms with van der Waals surface area (Å²) < 4.78 is 5.44. The first-order chi connectivity index (χ1) is 14.8. The number of carbonyl (C=O) groups excluding carboxylic acids is 3. The van der Waals surface area contributed by atoms with Crippen molar-refractivity contribution in [3.05, 3.63) is 0 Å². The minimum Gasteiger partial charge on any atom is -0.449 e. The highest BCUT2D eigenvalue weighted by Crippen LogP contribution is 2.38. The fraction of sp³-hybridized carbons (Fsp3) is 0.826. The second kappa shape index (κ2) is 10.3. The van der Waals surface area contributed by atoms with Crippen LogP contribution in [0.25, 0.3) is 0 Å². The molecule has 0 radical (unpaired) electrons. The molecule has 8 heteroatoms. The number of rotatable bonds is 9. The van der Waals surface area contributed by atoms with Crippen molar-refractivity contribution >= 4 is 17.9 Å². The molecule has 3 rings (SSSR count). The summed E-state index contributed by atoms with van der Waals surface area (Å²) in [6, 6.07) is 0.595. The van der Waals surface area contributed by atoms with Gasteiger partial charge in [-0.25, -0.2) is 4.79 Å². The lowest BCUT2D eigenvalue weighted by Crippen LogP contribution is -2.50. The molecule has 3 N–H and O–H groups in total. The molecule has 3 amide bonds. The first kappa shape index (κ1) is 23.4. The Balaban J connectivity index is 1.47. The number of nitrogens with zero attached hydrogens (tertiary/aromatic N) is 1. The third-order valence-electron chi connectivity index (χ3n) is 6.94. The molecule has 0 aromatic rings. The van der Waals surface area contributed by atoms with Crippen LogP contribution < -0.4 is 16.0 Å². The summed E-state index contributed by atoms with van der Waals surface area (Å²) in [6.45, 7) is 5.51. The maximum atomic E-state index is 12.8. The van der Waals surface area contributed by atoms with Gasteiger partial charge < -0.3 is 20.7 Å². The highest BCUT2D eigenvalue weighted by Gasteiger charge is 2.34. The van der Waals surface area contributed by atoms with Gasteiger partial charge in [-0.15, -0.1) is 0 Å². The maximum absolute atomic E-state index is 12.8. The molecular formula is C23H36N4O4. The van der Waals surface area contributed by atoms with Crippen LogP contribution in [0.5, 0.6) is 0 Å². The van der Waals surface area contributed by atoms with Crippen LogP contribution in [-0.2, 0) is 14.3 Å². The van der Waals surface area contributed by atoms with Crippen LogP contribution in [-0.4, -0.2) is 43.1 Å². The number of alkyl carbamates (subject to hydrolysis) is 1. The van der Waals surface area contributed by atoms with Crippen molar-refractivity contribution in [2.45, 2.75) is 83.7 Å². The number of amides is 3. The predicted octanol–water partition coefficient (Wildman–Crippen LogP) is 2.63. The van der Waals surface area contributed by atoms with E-state index in [1.807, 2.05) is 0 Å². The zero-order valence-electron chi connectivity index (χ0n) is 18.7. The molecule has 0 spiro atoms. The van der Waals surface area contributed by atoms with Gasteiger partial charge in [0.1, 0.15) is 12.1 Å². The third-order valence-corrected chi connectivity index (χ3v) is 6.94. The molecule has 1 heterocycles. The van der Waals surface area contributed by atoms with Gasteiger partial charge in [-0.1, -0.05) is 26.7 Å². The molecule has 0 aromatic heterocycles. The van der Waals surface area contributed by atoms with Gasteiger partial charge in [-0.2, -0.15) is 5.26 Å². The van der Waals surface area contributed by atoms with Crippen LogP contribution in [0.2, 0.25) is 0 Å². The van der Waals surface area contributed by atoms with Crippen LogP contribution in [0.15, 0.2) is 0 Å². The predicted molar refractivity (Wildman–Crippen MR) is 115 cm³/mol. The van der Waals surface area contributed by atoms with Crippen molar-refractivity contribution in [2.75, 3.05) is 13.2 Å². The summed E-state index contributed by atoms with van der Waals surface area (Å²) in [5, 5.41) is 17.6. The summed E-state index contributed by atoms with van der Waals surface area (Å²) in [5.74, 6) is 0.0723. The lowest BCUT2D eigenvalue weighted by Gasteiger charge is -2.34. The van der Waals surface area contributed by atoms with E-state index in [0.717, 1.165) is 38.5 Å². The first-order valence-corrected chi connectivity index (χ1v) is 11.7. The molecule has 31 heavy (non-hydrogen) atoms. The minimum absolute atomic E-state index is 0.0724. The van der Waals surface area contributed by atoms with Crippen LogP contribution in [0, 0.1) is 34.5 Å². The van der Waals surface area contributed by atoms with Gasteiger partial charge in [-0.3, -0.25) is 9.59 Å². The van der Waals surface area contributed by atoms with Gasteiger partial charge in [0, 0.05) is 12.5 Å². The van der Waals surface area contributed by atoms with Gasteiger partial charge in [0.2, 0.25) is 11.8 Å². The number of hydrogen-bond acceptors (Lipinski definition) is 5. The molecule has 1 saturated heterocycles. The largest absolute Gasteiger partial charge is 0.449 e. The van der Waals surface area contributed by atoms with Crippen molar-refractivity contribution in [3.63, 3.8) is 0 Å². The molecule has 0 aromatic carbocycles. The summed E-state index contributed by atoms with van der Waals surface area (Å²) in [5.41, 5.74) is 0.364. The number of hydrogen-bond donors (Lipinski definition) is 3. The van der Waals surface area contributed by atoms with E-state index in [-0.39, 0.29) is 24.2 Å². The maximum Gasteiger partial charge on any atom is 0.407 e. The van der Waals surface area contributed by atoms with Crippen molar-refractivity contribution in [1.29, 1.82) is 5.26 Å². The molecule has 3 unspecified atom stereocenters. The molecular weight excluding hydrogens is 396 g/mol. The summed E-state index contributed by atoms with van der Waals surface area (Å²) in [6.07, 6.45) is 7.36. The average Bonchev–Trinajstić information content (AvgIpc) is 3.46. The number of nitriles is 1. The van der Waals surface area contributed by atoms with E-state index in [4.69, 9.17) is 4.74 Å². The average molecular weight is 433 g/mol. The van der Waals surface area contributed by atoms with E-state index in [1.54, 1.807) is 0 Å². The topological polar surface area (TPSA) is 120 Å². The third kappa shape index (κ3) is 7.41. The normalized spacial score (nSPS) is 25.1. The van der Waals surface area contributed by atoms with Crippen molar-refractivity contribution in [1.82, 2.24) is 16.0 Å². The zero-order chi connectivity index (χ0) is 22.4. The monoisotopic (exact) mass is 432 g/mol. The smallest absolute Gasteiger partial charge is 0.407 e. The zero-order valence-corrected chi connectivity index (χ0v) is 18.7. The first-order valence-electron chi connectivity index (χ1n) is 11.7. The molecule has 3 aliphatic rings. The van der Waals surface area contributed by atoms with Crippen LogP contribution >= 0.6 is 0 Å². The molecule has 8 nitrogen and oxygen atoms in total. The molecule has 2 saturated carbocycles. The Morgan fingerprint density at radius 2 is 1.84 bits per heavy atom. The standard InChI is InChI=1S/C23H36N4O4/c1-23(2)8-5-16(6-9-23)14-31-22(30)27-19(11-15-3-4-15)21(29)26-18(13-24)12-17-7-10-25-20(17)28/h15-19H,3-12,14H2,1-2H3,(H,25,28)(H,26,29)(H,27,30). The van der Waals surface area contributed by atoms with Gasteiger partial charge in [0.05, 0.1) is 12.7 Å². The molecule has 3 fully saturated rings. The second-order valence-corrected chi connectivity index (χ2v) is 10.3. The van der Waals surface area contributed by atoms with Crippen LogP contribution in [0.3, 0.4) is 0 Å². The summed E-state index contributed by atoms with van der Waals surface area (Å²) >= 11 is 0. The number of nitrogens with one attached hydrogen (secondary N) is 3. The molecule has 3 atom stereocenters. The lowest BCUT2D eigenvalue weighted by atomic mass is 9.73. The quantitative estimate of drug-likeness (QED) is 0.517. The number of carbonyl (C=O) groups is 3. The van der Waals surface area contributed by atoms with Gasteiger partial charge in [-0.05, 0) is 62.2 Å². The summed E-state index contributed by atoms with van der Waals surface area (Å²) in [4.78, 5) is 37.0. The minimum atomic E-state index is -0.758.